The summed E-state index contributed by atoms with van der Waals surface area (Å²) < 4.78 is 0. The van der Waals surface area contributed by atoms with Gasteiger partial charge in [-0.3, -0.25) is 0 Å². The molecule has 0 aliphatic heterocycles. The van der Waals surface area contributed by atoms with Crippen molar-refractivity contribution in [2.45, 2.75) is 0 Å². The third-order valence-electron chi connectivity index (χ3n) is 0. The second-order valence-electron chi connectivity index (χ2n) is 0. The fourth-order valence-corrected chi connectivity index (χ4v) is 0. The van der Waals surface area contributed by atoms with Crippen molar-refractivity contribution in [2.75, 3.05) is 0 Å². The Labute approximate surface area is 131 Å². The molecule has 0 saturated heterocycles. The van der Waals surface area contributed by atoms with Crippen molar-refractivity contribution >= 4 is 0 Å². The first-order valence-corrected chi connectivity index (χ1v) is 0. The van der Waals surface area contributed by atoms with Gasteiger partial charge in [0.05, 0.1) is 0 Å². The van der Waals surface area contributed by atoms with Crippen LogP contribution < -0.4 is 37.7 Å². The molecule has 2 radical (unpaired) electrons. The van der Waals surface area contributed by atoms with Gasteiger partial charge in [0.1, 0.15) is 0 Å². The van der Waals surface area contributed by atoms with Crippen molar-refractivity contribution in [3.63, 3.8) is 0 Å². The summed E-state index contributed by atoms with van der Waals surface area (Å²) in [7, 11) is 0. The van der Waals surface area contributed by atoms with Crippen molar-refractivity contribution < 1.29 is 132 Å². The Hall–Kier alpha value is 3.02. The molecule has 0 amide bonds. The van der Waals surface area contributed by atoms with Crippen molar-refractivity contribution in [3.8, 4) is 0 Å². The van der Waals surface area contributed by atoms with Gasteiger partial charge in [0.2, 0.25) is 0 Å². The van der Waals surface area contributed by atoms with E-state index in [1.807, 2.05) is 0 Å². The van der Waals surface area contributed by atoms with Crippen LogP contribution in [0.3, 0.4) is 0 Å². The Balaban J connectivity index is 0. The predicted molar refractivity (Wildman–Crippen MR) is 3.43 cm³/mol. The fourth-order valence-electron chi connectivity index (χ4n) is 0. The predicted octanol–water partition coefficient (Wildman–Crippen LogP) is -6.60. The van der Waals surface area contributed by atoms with Crippen molar-refractivity contribution in [1.82, 2.24) is 0 Å². The molecule has 11 heteroatoms. The molecule has 0 unspecified atom stereocenters. The molecule has 66 valence electrons. The van der Waals surface area contributed by atoms with E-state index in [1.165, 1.54) is 0 Å². The van der Waals surface area contributed by atoms with E-state index in [4.69, 9.17) is 0 Å². The number of hydrogen-bond acceptors (Lipinski definition) is 0. The molecule has 0 atom stereocenters. The molecular weight excluding hydrogens is 321 g/mol. The summed E-state index contributed by atoms with van der Waals surface area (Å²) in [6.07, 6.45) is 0. The summed E-state index contributed by atoms with van der Waals surface area (Å²) in [4.78, 5) is 0. The van der Waals surface area contributed by atoms with Crippen LogP contribution in [0.2, 0.25) is 0 Å². The summed E-state index contributed by atoms with van der Waals surface area (Å²) in [6, 6.07) is 0. The van der Waals surface area contributed by atoms with E-state index in [1.54, 1.807) is 0 Å². The Morgan fingerprint density at radius 1 is 0.364 bits per heavy atom. The quantitative estimate of drug-likeness (QED) is 0.391. The first-order chi connectivity index (χ1) is 0. The average Bonchev–Trinajstić information content (AvgIpc) is 0. The van der Waals surface area contributed by atoms with Gasteiger partial charge in [-0.15, -0.1) is 0 Å². The zero-order chi connectivity index (χ0) is 0. The van der Waals surface area contributed by atoms with Gasteiger partial charge in [0.15, 0.2) is 0 Å². The first-order valence-electron chi connectivity index (χ1n) is 0. The zero-order valence-corrected chi connectivity index (χ0v) is 9.77. The summed E-state index contributed by atoms with van der Waals surface area (Å²) in [5, 5.41) is 0. The maximum absolute atomic E-state index is 0. The second kappa shape index (κ2) is 206. The first kappa shape index (κ1) is 261. The molecule has 0 aromatic heterocycles. The van der Waals surface area contributed by atoms with Crippen molar-refractivity contribution in [3.05, 3.63) is 0 Å². The molecule has 0 rings (SSSR count). The van der Waals surface area contributed by atoms with Gasteiger partial charge < -0.3 is 27.4 Å². The largest absolute Gasteiger partial charge is 2.00 e. The molecular formula is Li2Mn2Ni2O5. The van der Waals surface area contributed by atoms with E-state index in [2.05, 4.69) is 0 Å². The van der Waals surface area contributed by atoms with Gasteiger partial charge in [-0.1, -0.05) is 0 Å². The Bertz CT molecular complexity index is 20.4. The van der Waals surface area contributed by atoms with Gasteiger partial charge in [-0.05, 0) is 0 Å². The van der Waals surface area contributed by atoms with E-state index in [-0.39, 0.29) is 132 Å². The second-order valence-corrected chi connectivity index (χ2v) is 0. The van der Waals surface area contributed by atoms with Gasteiger partial charge in [0, 0.05) is 0 Å². The van der Waals surface area contributed by atoms with Crippen LogP contribution in [0.4, 0.5) is 0 Å². The minimum absolute atomic E-state index is 0. The topological polar surface area (TPSA) is 142 Å². The van der Waals surface area contributed by atoms with E-state index >= 15 is 0 Å². The summed E-state index contributed by atoms with van der Waals surface area (Å²) in [5.74, 6) is 0. The summed E-state index contributed by atoms with van der Waals surface area (Å²) in [6.45, 7) is 0. The van der Waals surface area contributed by atoms with Gasteiger partial charge in [-0.25, -0.2) is 0 Å². The van der Waals surface area contributed by atoms with E-state index in [0.29, 0.717) is 0 Å². The molecule has 11 heavy (non-hydrogen) atoms. The van der Waals surface area contributed by atoms with Gasteiger partial charge in [0.25, 0.3) is 0 Å². The molecule has 0 aromatic rings. The number of rotatable bonds is 0. The molecule has 0 aromatic carbocycles. The molecule has 0 saturated carbocycles. The van der Waals surface area contributed by atoms with Crippen LogP contribution in [-0.2, 0) is 94.5 Å². The minimum atomic E-state index is 0. The fraction of sp³-hybridized carbons (Fsp3) is 0. The van der Waals surface area contributed by atoms with E-state index in [0.717, 1.165) is 0 Å². The molecule has 0 N–H and O–H groups in total. The third-order valence-corrected chi connectivity index (χ3v) is 0. The SMILES string of the molecule is [Li+].[Li+].[Mn+2].[Mn+2].[Ni+2].[Ni+2].[O-2].[O-2].[O-2].[O-2].[O-2]. The minimum Gasteiger partial charge on any atom is -2.00 e. The monoisotopic (exact) mass is 320 g/mol. The average molecular weight is 321 g/mol. The molecule has 0 heterocycles. The molecule has 0 aliphatic carbocycles. The van der Waals surface area contributed by atoms with Crippen LogP contribution in [0.15, 0.2) is 0 Å². The maximum atomic E-state index is 0. The van der Waals surface area contributed by atoms with Gasteiger partial charge in [-0.2, -0.15) is 0 Å². The van der Waals surface area contributed by atoms with Crippen LogP contribution in [-0.4, -0.2) is 0 Å². The molecule has 5 nitrogen and oxygen atoms in total. The van der Waals surface area contributed by atoms with Crippen LogP contribution in [0.25, 0.3) is 0 Å². The summed E-state index contributed by atoms with van der Waals surface area (Å²) >= 11 is 0. The molecule has 0 aliphatic rings. The van der Waals surface area contributed by atoms with E-state index < -0.39 is 0 Å². The Morgan fingerprint density at radius 2 is 0.364 bits per heavy atom. The normalized spacial score (nSPS) is 0. The van der Waals surface area contributed by atoms with Gasteiger partial charge >= 0.3 is 105 Å². The zero-order valence-electron chi connectivity index (χ0n) is 5.43. The Kier molecular flexibility index (Phi) is 4880. The standard InChI is InChI=1S/2Li.2Mn.2Ni.5O/q2*+1;4*+2;5*-2. The summed E-state index contributed by atoms with van der Waals surface area (Å²) in [5.41, 5.74) is 0. The number of hydrogen-bond donors (Lipinski definition) is 0. The molecule has 0 bridgehead atoms. The van der Waals surface area contributed by atoms with Crippen LogP contribution >= 0.6 is 0 Å². The van der Waals surface area contributed by atoms with Crippen LogP contribution in [0.5, 0.6) is 0 Å². The van der Waals surface area contributed by atoms with E-state index in [9.17, 15) is 0 Å². The van der Waals surface area contributed by atoms with Crippen LogP contribution in [0.1, 0.15) is 0 Å². The van der Waals surface area contributed by atoms with Crippen molar-refractivity contribution in [1.29, 1.82) is 0 Å². The third kappa shape index (κ3) is 173. The van der Waals surface area contributed by atoms with Crippen LogP contribution in [0, 0.1) is 0 Å². The Morgan fingerprint density at radius 3 is 0.364 bits per heavy atom. The molecule has 0 fully saturated rings. The van der Waals surface area contributed by atoms with Crippen molar-refractivity contribution in [2.24, 2.45) is 0 Å². The maximum Gasteiger partial charge on any atom is 2.00 e. The smallest absolute Gasteiger partial charge is 2.00 e. The molecule has 0 spiro atoms.